The molecule has 0 spiro atoms. The number of hydrogen-bond donors (Lipinski definition) is 1. The van der Waals surface area contributed by atoms with Crippen molar-refractivity contribution in [1.82, 2.24) is 0 Å². The van der Waals surface area contributed by atoms with Gasteiger partial charge in [0, 0.05) is 5.69 Å². The summed E-state index contributed by atoms with van der Waals surface area (Å²) in [5, 5.41) is 0. The van der Waals surface area contributed by atoms with Gasteiger partial charge >= 0.3 is 0 Å². The second kappa shape index (κ2) is 5.41. The molecule has 0 saturated carbocycles. The summed E-state index contributed by atoms with van der Waals surface area (Å²) in [5.41, 5.74) is 7.81. The summed E-state index contributed by atoms with van der Waals surface area (Å²) in [7, 11) is 0. The maximum atomic E-state index is 5.59. The maximum Gasteiger partial charge on any atom is 0.0314 e. The van der Waals surface area contributed by atoms with Crippen molar-refractivity contribution in [2.75, 3.05) is 5.73 Å². The molecule has 1 aromatic rings. The zero-order chi connectivity index (χ0) is 9.52. The fraction of sp³-hybridized carbons (Fsp3) is 0.333. The Balaban J connectivity index is 2.28. The number of unbranched alkanes of at least 4 members (excludes halogenated alkanes) is 2. The van der Waals surface area contributed by atoms with Gasteiger partial charge in [0.1, 0.15) is 0 Å². The predicted octanol–water partition coefficient (Wildman–Crippen LogP) is 3.17. The molecule has 0 aromatic heterocycles. The van der Waals surface area contributed by atoms with Crippen LogP contribution in [0.15, 0.2) is 36.9 Å². The zero-order valence-corrected chi connectivity index (χ0v) is 8.00. The first-order valence-corrected chi connectivity index (χ1v) is 4.78. The third-order valence-electron chi connectivity index (χ3n) is 2.10. The fourth-order valence-corrected chi connectivity index (χ4v) is 1.30. The highest BCUT2D eigenvalue weighted by Crippen LogP contribution is 2.09. The van der Waals surface area contributed by atoms with E-state index in [1.54, 1.807) is 0 Å². The molecule has 70 valence electrons. The second-order valence-electron chi connectivity index (χ2n) is 3.28. The summed E-state index contributed by atoms with van der Waals surface area (Å²) in [6.45, 7) is 3.70. The van der Waals surface area contributed by atoms with Gasteiger partial charge in [-0.2, -0.15) is 0 Å². The van der Waals surface area contributed by atoms with E-state index < -0.39 is 0 Å². The predicted molar refractivity (Wildman–Crippen MR) is 58.6 cm³/mol. The summed E-state index contributed by atoms with van der Waals surface area (Å²) in [6, 6.07) is 8.12. The highest BCUT2D eigenvalue weighted by Gasteiger charge is 1.92. The van der Waals surface area contributed by atoms with E-state index in [0.29, 0.717) is 0 Å². The van der Waals surface area contributed by atoms with E-state index in [-0.39, 0.29) is 0 Å². The van der Waals surface area contributed by atoms with Crippen LogP contribution in [0.25, 0.3) is 0 Å². The lowest BCUT2D eigenvalue weighted by Gasteiger charge is -2.00. The first-order valence-electron chi connectivity index (χ1n) is 4.78. The Morgan fingerprint density at radius 3 is 2.46 bits per heavy atom. The molecule has 0 saturated heterocycles. The third-order valence-corrected chi connectivity index (χ3v) is 2.10. The Morgan fingerprint density at radius 1 is 1.15 bits per heavy atom. The van der Waals surface area contributed by atoms with Crippen LogP contribution in [0.4, 0.5) is 5.69 Å². The normalized spacial score (nSPS) is 9.85. The summed E-state index contributed by atoms with van der Waals surface area (Å²) < 4.78 is 0. The Kier molecular flexibility index (Phi) is 4.10. The average molecular weight is 175 g/mol. The lowest BCUT2D eigenvalue weighted by Crippen LogP contribution is -1.87. The number of benzene rings is 1. The minimum absolute atomic E-state index is 0.842. The number of nitrogen functional groups attached to an aromatic ring is 1. The van der Waals surface area contributed by atoms with Crippen LogP contribution in [0.3, 0.4) is 0 Å². The van der Waals surface area contributed by atoms with Crippen molar-refractivity contribution in [3.63, 3.8) is 0 Å². The third kappa shape index (κ3) is 3.79. The summed E-state index contributed by atoms with van der Waals surface area (Å²) in [4.78, 5) is 0. The number of anilines is 1. The average Bonchev–Trinajstić information content (AvgIpc) is 2.15. The quantitative estimate of drug-likeness (QED) is 0.415. The molecule has 1 heteroatoms. The monoisotopic (exact) mass is 175 g/mol. The van der Waals surface area contributed by atoms with Gasteiger partial charge in [-0.05, 0) is 43.4 Å². The maximum absolute atomic E-state index is 5.59. The fourth-order valence-electron chi connectivity index (χ4n) is 1.30. The van der Waals surface area contributed by atoms with Gasteiger partial charge in [-0.1, -0.05) is 18.2 Å². The SMILES string of the molecule is C=CCCCCc1ccc(N)cc1. The standard InChI is InChI=1S/C12H17N/c1-2-3-4-5-6-11-7-9-12(13)10-8-11/h2,7-10H,1,3-6,13H2. The molecule has 0 unspecified atom stereocenters. The van der Waals surface area contributed by atoms with Gasteiger partial charge in [0.25, 0.3) is 0 Å². The molecule has 0 atom stereocenters. The lowest BCUT2D eigenvalue weighted by molar-refractivity contribution is 0.748. The van der Waals surface area contributed by atoms with Crippen LogP contribution >= 0.6 is 0 Å². The second-order valence-corrected chi connectivity index (χ2v) is 3.28. The Labute approximate surface area is 80.3 Å². The molecule has 0 fully saturated rings. The van der Waals surface area contributed by atoms with Gasteiger partial charge in [-0.15, -0.1) is 6.58 Å². The van der Waals surface area contributed by atoms with E-state index in [0.717, 1.165) is 18.5 Å². The summed E-state index contributed by atoms with van der Waals surface area (Å²) in [6.07, 6.45) is 6.70. The van der Waals surface area contributed by atoms with Gasteiger partial charge in [0.2, 0.25) is 0 Å². The minimum Gasteiger partial charge on any atom is -0.399 e. The largest absolute Gasteiger partial charge is 0.399 e. The van der Waals surface area contributed by atoms with Crippen LogP contribution in [0.5, 0.6) is 0 Å². The number of rotatable bonds is 5. The Bertz CT molecular complexity index is 248. The topological polar surface area (TPSA) is 26.0 Å². The molecule has 1 aromatic carbocycles. The summed E-state index contributed by atoms with van der Waals surface area (Å²) in [5.74, 6) is 0. The molecule has 2 N–H and O–H groups in total. The van der Waals surface area contributed by atoms with Crippen molar-refractivity contribution in [3.05, 3.63) is 42.5 Å². The molecule has 0 aliphatic rings. The Morgan fingerprint density at radius 2 is 1.85 bits per heavy atom. The van der Waals surface area contributed by atoms with E-state index in [4.69, 9.17) is 5.73 Å². The highest BCUT2D eigenvalue weighted by molar-refractivity contribution is 5.39. The molecule has 0 amide bonds. The molecular weight excluding hydrogens is 158 g/mol. The first kappa shape index (κ1) is 9.85. The molecule has 1 rings (SSSR count). The first-order chi connectivity index (χ1) is 6.33. The number of hydrogen-bond acceptors (Lipinski definition) is 1. The van der Waals surface area contributed by atoms with Crippen molar-refractivity contribution < 1.29 is 0 Å². The minimum atomic E-state index is 0.842. The number of aryl methyl sites for hydroxylation is 1. The van der Waals surface area contributed by atoms with Crippen molar-refractivity contribution in [1.29, 1.82) is 0 Å². The van der Waals surface area contributed by atoms with Crippen molar-refractivity contribution in [2.24, 2.45) is 0 Å². The van der Waals surface area contributed by atoms with Gasteiger partial charge in [-0.3, -0.25) is 0 Å². The molecular formula is C12H17N. The molecule has 0 aliphatic carbocycles. The molecule has 0 heterocycles. The van der Waals surface area contributed by atoms with E-state index in [2.05, 4.69) is 18.7 Å². The summed E-state index contributed by atoms with van der Waals surface area (Å²) >= 11 is 0. The number of allylic oxidation sites excluding steroid dienone is 1. The van der Waals surface area contributed by atoms with Crippen LogP contribution in [-0.4, -0.2) is 0 Å². The van der Waals surface area contributed by atoms with Crippen LogP contribution in [0.1, 0.15) is 24.8 Å². The molecule has 0 radical (unpaired) electrons. The van der Waals surface area contributed by atoms with E-state index in [1.807, 2.05) is 18.2 Å². The lowest BCUT2D eigenvalue weighted by atomic mass is 10.1. The van der Waals surface area contributed by atoms with Crippen LogP contribution < -0.4 is 5.73 Å². The molecule has 0 aliphatic heterocycles. The smallest absolute Gasteiger partial charge is 0.0314 e. The van der Waals surface area contributed by atoms with Gasteiger partial charge in [-0.25, -0.2) is 0 Å². The number of nitrogens with two attached hydrogens (primary N) is 1. The van der Waals surface area contributed by atoms with Crippen molar-refractivity contribution in [3.8, 4) is 0 Å². The van der Waals surface area contributed by atoms with Gasteiger partial charge in [0.05, 0.1) is 0 Å². The van der Waals surface area contributed by atoms with Crippen molar-refractivity contribution in [2.45, 2.75) is 25.7 Å². The zero-order valence-electron chi connectivity index (χ0n) is 8.00. The van der Waals surface area contributed by atoms with Gasteiger partial charge in [0.15, 0.2) is 0 Å². The molecule has 1 nitrogen and oxygen atoms in total. The molecule has 0 bridgehead atoms. The van der Waals surface area contributed by atoms with Crippen LogP contribution in [0.2, 0.25) is 0 Å². The van der Waals surface area contributed by atoms with E-state index >= 15 is 0 Å². The van der Waals surface area contributed by atoms with E-state index in [9.17, 15) is 0 Å². The van der Waals surface area contributed by atoms with Crippen LogP contribution in [-0.2, 0) is 6.42 Å². The molecule has 13 heavy (non-hydrogen) atoms. The van der Waals surface area contributed by atoms with Crippen molar-refractivity contribution >= 4 is 5.69 Å². The Hall–Kier alpha value is -1.24. The van der Waals surface area contributed by atoms with Gasteiger partial charge < -0.3 is 5.73 Å². The van der Waals surface area contributed by atoms with Crippen LogP contribution in [0, 0.1) is 0 Å². The van der Waals surface area contributed by atoms with E-state index in [1.165, 1.54) is 18.4 Å². The highest BCUT2D eigenvalue weighted by atomic mass is 14.5.